The largest absolute Gasteiger partial charge is 0.481 e. The zero-order valence-electron chi connectivity index (χ0n) is 18.7. The van der Waals surface area contributed by atoms with Crippen LogP contribution in [0.25, 0.3) is 0 Å². The maximum Gasteiger partial charge on any atom is 0.410 e. The third-order valence-electron chi connectivity index (χ3n) is 5.56. The van der Waals surface area contributed by atoms with E-state index >= 15 is 0 Å². The Kier molecular flexibility index (Phi) is 8.03. The van der Waals surface area contributed by atoms with Gasteiger partial charge in [-0.05, 0) is 68.9 Å². The molecule has 0 spiro atoms. The molecule has 8 heteroatoms. The molecule has 1 aromatic carbocycles. The molecule has 0 bridgehead atoms. The number of nitrogens with one attached hydrogen (secondary N) is 1. The number of piperidine rings is 1. The van der Waals surface area contributed by atoms with Gasteiger partial charge < -0.3 is 19.7 Å². The summed E-state index contributed by atoms with van der Waals surface area (Å²) in [5.74, 6) is 0.150. The van der Waals surface area contributed by atoms with Crippen molar-refractivity contribution in [2.24, 2.45) is 5.92 Å². The van der Waals surface area contributed by atoms with Gasteiger partial charge in [-0.25, -0.2) is 14.2 Å². The van der Waals surface area contributed by atoms with Gasteiger partial charge in [-0.3, -0.25) is 4.79 Å². The molecule has 0 radical (unpaired) electrons. The van der Waals surface area contributed by atoms with Crippen LogP contribution in [0.3, 0.4) is 0 Å². The fourth-order valence-corrected chi connectivity index (χ4v) is 3.80. The Morgan fingerprint density at radius 1 is 1.16 bits per heavy atom. The van der Waals surface area contributed by atoms with E-state index in [1.807, 2.05) is 19.9 Å². The molecule has 1 N–H and O–H groups in total. The Balaban J connectivity index is 1.68. The van der Waals surface area contributed by atoms with E-state index in [0.717, 1.165) is 18.4 Å². The fourth-order valence-electron chi connectivity index (χ4n) is 3.80. The molecule has 2 amide bonds. The normalized spacial score (nSPS) is 15.3. The molecule has 7 nitrogen and oxygen atoms in total. The van der Waals surface area contributed by atoms with Crippen molar-refractivity contribution in [2.75, 3.05) is 20.2 Å². The standard InChI is InChI=1S/C24H30FN3O4/c1-16(2)32-24(30)28-12-10-17(11-13-28)14-21(19-6-9-22(31-3)26-15-19)27-23(29)18-4-7-20(25)8-5-18/h4-9,15-17,21H,10-14H2,1-3H3,(H,27,29). The topological polar surface area (TPSA) is 80.8 Å². The number of hydrogen-bond acceptors (Lipinski definition) is 5. The maximum absolute atomic E-state index is 13.2. The van der Waals surface area contributed by atoms with E-state index in [2.05, 4.69) is 10.3 Å². The number of rotatable bonds is 7. The van der Waals surface area contributed by atoms with Crippen molar-refractivity contribution in [3.05, 3.63) is 59.5 Å². The minimum Gasteiger partial charge on any atom is -0.481 e. The summed E-state index contributed by atoms with van der Waals surface area (Å²) in [6.45, 7) is 4.91. The Morgan fingerprint density at radius 3 is 2.41 bits per heavy atom. The van der Waals surface area contributed by atoms with Crippen molar-refractivity contribution in [2.45, 2.75) is 45.3 Å². The lowest BCUT2D eigenvalue weighted by Crippen LogP contribution is -2.40. The third kappa shape index (κ3) is 6.42. The highest BCUT2D eigenvalue weighted by Crippen LogP contribution is 2.29. The summed E-state index contributed by atoms with van der Waals surface area (Å²) < 4.78 is 23.7. The molecule has 172 valence electrons. The van der Waals surface area contributed by atoms with Gasteiger partial charge in [0.15, 0.2) is 0 Å². The Morgan fingerprint density at radius 2 is 1.84 bits per heavy atom. The number of methoxy groups -OCH3 is 1. The quantitative estimate of drug-likeness (QED) is 0.688. The highest BCUT2D eigenvalue weighted by Gasteiger charge is 2.27. The van der Waals surface area contributed by atoms with Crippen molar-refractivity contribution in [1.29, 1.82) is 0 Å². The van der Waals surface area contributed by atoms with E-state index in [9.17, 15) is 14.0 Å². The zero-order valence-corrected chi connectivity index (χ0v) is 18.7. The summed E-state index contributed by atoms with van der Waals surface area (Å²) in [5, 5.41) is 3.07. The van der Waals surface area contributed by atoms with Crippen LogP contribution in [0.15, 0.2) is 42.6 Å². The Hall–Kier alpha value is -3.16. The van der Waals surface area contributed by atoms with E-state index in [4.69, 9.17) is 9.47 Å². The van der Waals surface area contributed by atoms with Crippen LogP contribution in [0.1, 0.15) is 55.1 Å². The van der Waals surface area contributed by atoms with Gasteiger partial charge in [-0.2, -0.15) is 0 Å². The number of hydrogen-bond donors (Lipinski definition) is 1. The van der Waals surface area contributed by atoms with Crippen molar-refractivity contribution >= 4 is 12.0 Å². The van der Waals surface area contributed by atoms with Crippen LogP contribution in [0.2, 0.25) is 0 Å². The summed E-state index contributed by atoms with van der Waals surface area (Å²) in [5.41, 5.74) is 1.26. The number of pyridine rings is 1. The number of likely N-dealkylation sites (tertiary alicyclic amines) is 1. The van der Waals surface area contributed by atoms with Crippen molar-refractivity contribution < 1.29 is 23.5 Å². The molecule has 1 fully saturated rings. The zero-order chi connectivity index (χ0) is 23.1. The van der Waals surface area contributed by atoms with Crippen LogP contribution >= 0.6 is 0 Å². The SMILES string of the molecule is COc1ccc(C(CC2CCN(C(=O)OC(C)C)CC2)NC(=O)c2ccc(F)cc2)cn1. The molecule has 1 aliphatic rings. The van der Waals surface area contributed by atoms with Gasteiger partial charge >= 0.3 is 6.09 Å². The molecule has 1 atom stereocenters. The molecule has 1 aromatic heterocycles. The summed E-state index contributed by atoms with van der Waals surface area (Å²) >= 11 is 0. The van der Waals surface area contributed by atoms with Gasteiger partial charge in [0.25, 0.3) is 5.91 Å². The Labute approximate surface area is 187 Å². The lowest BCUT2D eigenvalue weighted by Gasteiger charge is -2.33. The average Bonchev–Trinajstić information content (AvgIpc) is 2.79. The molecule has 32 heavy (non-hydrogen) atoms. The van der Waals surface area contributed by atoms with Gasteiger partial charge in [-0.15, -0.1) is 0 Å². The number of ether oxygens (including phenoxy) is 2. The first-order valence-electron chi connectivity index (χ1n) is 10.9. The van der Waals surface area contributed by atoms with Crippen molar-refractivity contribution in [3.63, 3.8) is 0 Å². The molecule has 0 saturated carbocycles. The lowest BCUT2D eigenvalue weighted by molar-refractivity contribution is 0.0639. The molecule has 0 aliphatic carbocycles. The molecule has 3 rings (SSSR count). The number of benzene rings is 1. The number of aromatic nitrogens is 1. The highest BCUT2D eigenvalue weighted by molar-refractivity contribution is 5.94. The monoisotopic (exact) mass is 443 g/mol. The van der Waals surface area contributed by atoms with E-state index in [1.54, 1.807) is 24.3 Å². The Bertz CT molecular complexity index is 894. The van der Waals surface area contributed by atoms with Gasteiger partial charge in [0.05, 0.1) is 19.3 Å². The van der Waals surface area contributed by atoms with Gasteiger partial charge in [-0.1, -0.05) is 6.07 Å². The maximum atomic E-state index is 13.2. The predicted molar refractivity (Wildman–Crippen MR) is 118 cm³/mol. The van der Waals surface area contributed by atoms with Crippen LogP contribution in [0, 0.1) is 11.7 Å². The second-order valence-electron chi connectivity index (χ2n) is 8.27. The molecule has 2 heterocycles. The summed E-state index contributed by atoms with van der Waals surface area (Å²) in [6.07, 6.45) is 3.62. The molecule has 1 aliphatic heterocycles. The summed E-state index contributed by atoms with van der Waals surface area (Å²) in [6, 6.07) is 8.84. The number of amides is 2. The van der Waals surface area contributed by atoms with Crippen LogP contribution in [0.4, 0.5) is 9.18 Å². The van der Waals surface area contributed by atoms with Crippen LogP contribution < -0.4 is 10.1 Å². The van der Waals surface area contributed by atoms with Crippen molar-refractivity contribution in [3.8, 4) is 5.88 Å². The first-order valence-corrected chi connectivity index (χ1v) is 10.9. The van der Waals surface area contributed by atoms with Gasteiger partial charge in [0.2, 0.25) is 5.88 Å². The second kappa shape index (κ2) is 10.9. The number of halogens is 1. The predicted octanol–water partition coefficient (Wildman–Crippen LogP) is 4.35. The first-order chi connectivity index (χ1) is 15.4. The van der Waals surface area contributed by atoms with E-state index < -0.39 is 0 Å². The van der Waals surface area contributed by atoms with E-state index in [1.165, 1.54) is 24.3 Å². The second-order valence-corrected chi connectivity index (χ2v) is 8.27. The van der Waals surface area contributed by atoms with Crippen molar-refractivity contribution in [1.82, 2.24) is 15.2 Å². The van der Waals surface area contributed by atoms with Crippen LogP contribution in [0.5, 0.6) is 5.88 Å². The molecule has 1 saturated heterocycles. The minimum atomic E-state index is -0.389. The van der Waals surface area contributed by atoms with Gasteiger partial charge in [0, 0.05) is 30.9 Å². The average molecular weight is 444 g/mol. The first kappa shape index (κ1) is 23.5. The number of carbonyl (C=O) groups excluding carboxylic acids is 2. The number of carbonyl (C=O) groups is 2. The van der Waals surface area contributed by atoms with E-state index in [-0.39, 0.29) is 30.0 Å². The smallest absolute Gasteiger partial charge is 0.410 e. The summed E-state index contributed by atoms with van der Waals surface area (Å²) in [4.78, 5) is 31.0. The van der Waals surface area contributed by atoms with E-state index in [0.29, 0.717) is 36.9 Å². The molecule has 1 unspecified atom stereocenters. The van der Waals surface area contributed by atoms with Gasteiger partial charge in [0.1, 0.15) is 5.82 Å². The molecule has 2 aromatic rings. The highest BCUT2D eigenvalue weighted by atomic mass is 19.1. The summed E-state index contributed by atoms with van der Waals surface area (Å²) in [7, 11) is 1.55. The lowest BCUT2D eigenvalue weighted by atomic mass is 9.88. The minimum absolute atomic E-state index is 0.145. The number of nitrogens with zero attached hydrogens (tertiary/aromatic N) is 2. The van der Waals surface area contributed by atoms with Crippen LogP contribution in [-0.4, -0.2) is 48.2 Å². The molecular weight excluding hydrogens is 413 g/mol. The van der Waals surface area contributed by atoms with Crippen LogP contribution in [-0.2, 0) is 4.74 Å². The third-order valence-corrected chi connectivity index (χ3v) is 5.56. The molecular formula is C24H30FN3O4. The fraction of sp³-hybridized carbons (Fsp3) is 0.458.